The number of thiocarbonyl (C=S) groups is 1. The standard InChI is InChI=1S/C18H20F2N2O4S/c1-2-24-15-9-11(5-6-14(15)26-17(19)20)8-13-16(23)22(18(27)21-13)10-12-4-3-7-25-12/h5-6,8-9,12,17H,2-4,7,10H2,1H3,(H,21,27)/b13-8-. The van der Waals surface area contributed by atoms with Gasteiger partial charge in [0, 0.05) is 6.61 Å². The Kier molecular flexibility index (Phi) is 6.22. The molecule has 1 aromatic carbocycles. The van der Waals surface area contributed by atoms with E-state index in [1.807, 2.05) is 0 Å². The molecule has 1 N–H and O–H groups in total. The first-order valence-corrected chi connectivity index (χ1v) is 9.06. The number of amides is 1. The van der Waals surface area contributed by atoms with E-state index in [4.69, 9.17) is 21.7 Å². The van der Waals surface area contributed by atoms with Crippen molar-refractivity contribution in [3.8, 4) is 11.5 Å². The SMILES string of the molecule is CCOc1cc(/C=C2\NC(=S)N(CC3CCCO3)C2=O)ccc1OC(F)F. The van der Waals surface area contributed by atoms with Gasteiger partial charge in [0.15, 0.2) is 16.6 Å². The maximum atomic E-state index is 12.6. The number of rotatable bonds is 7. The van der Waals surface area contributed by atoms with Crippen LogP contribution in [-0.2, 0) is 9.53 Å². The number of halogens is 2. The lowest BCUT2D eigenvalue weighted by Crippen LogP contribution is -2.37. The third kappa shape index (κ3) is 4.72. The van der Waals surface area contributed by atoms with E-state index in [1.54, 1.807) is 19.1 Å². The number of nitrogens with one attached hydrogen (secondary N) is 1. The maximum absolute atomic E-state index is 12.6. The molecular formula is C18H20F2N2O4S. The predicted octanol–water partition coefficient (Wildman–Crippen LogP) is 2.92. The number of carbonyl (C=O) groups is 1. The van der Waals surface area contributed by atoms with Crippen molar-refractivity contribution in [1.82, 2.24) is 10.2 Å². The Morgan fingerprint density at radius 3 is 2.93 bits per heavy atom. The molecule has 9 heteroatoms. The highest BCUT2D eigenvalue weighted by atomic mass is 32.1. The summed E-state index contributed by atoms with van der Waals surface area (Å²) in [6, 6.07) is 4.48. The first kappa shape index (κ1) is 19.5. The van der Waals surface area contributed by atoms with E-state index in [9.17, 15) is 13.6 Å². The minimum absolute atomic E-state index is 0.0108. The summed E-state index contributed by atoms with van der Waals surface area (Å²) in [5.41, 5.74) is 0.903. The second-order valence-corrected chi connectivity index (χ2v) is 6.44. The highest BCUT2D eigenvalue weighted by Gasteiger charge is 2.33. The minimum Gasteiger partial charge on any atom is -0.490 e. The number of hydrogen-bond donors (Lipinski definition) is 1. The van der Waals surface area contributed by atoms with Crippen molar-refractivity contribution in [2.24, 2.45) is 0 Å². The van der Waals surface area contributed by atoms with Gasteiger partial charge in [-0.25, -0.2) is 0 Å². The molecule has 1 unspecified atom stereocenters. The fourth-order valence-electron chi connectivity index (χ4n) is 2.97. The van der Waals surface area contributed by atoms with Crippen LogP contribution in [0, 0.1) is 0 Å². The summed E-state index contributed by atoms with van der Waals surface area (Å²) in [5, 5.41) is 3.22. The molecule has 0 radical (unpaired) electrons. The van der Waals surface area contributed by atoms with Crippen LogP contribution in [0.5, 0.6) is 11.5 Å². The van der Waals surface area contributed by atoms with Crippen molar-refractivity contribution >= 4 is 29.3 Å². The van der Waals surface area contributed by atoms with Gasteiger partial charge in [0.1, 0.15) is 5.70 Å². The number of ether oxygens (including phenoxy) is 3. The lowest BCUT2D eigenvalue weighted by atomic mass is 10.1. The van der Waals surface area contributed by atoms with Gasteiger partial charge in [-0.05, 0) is 55.8 Å². The summed E-state index contributed by atoms with van der Waals surface area (Å²) >= 11 is 5.25. The van der Waals surface area contributed by atoms with Crippen molar-refractivity contribution in [3.05, 3.63) is 29.5 Å². The molecule has 27 heavy (non-hydrogen) atoms. The van der Waals surface area contributed by atoms with Gasteiger partial charge in [0.2, 0.25) is 0 Å². The molecule has 0 bridgehead atoms. The van der Waals surface area contributed by atoms with Gasteiger partial charge in [-0.2, -0.15) is 8.78 Å². The molecule has 2 fully saturated rings. The van der Waals surface area contributed by atoms with E-state index >= 15 is 0 Å². The Balaban J connectivity index is 1.78. The van der Waals surface area contributed by atoms with Crippen LogP contribution < -0.4 is 14.8 Å². The summed E-state index contributed by atoms with van der Waals surface area (Å²) in [7, 11) is 0. The Bertz CT molecular complexity index is 751. The average Bonchev–Trinajstić information content (AvgIpc) is 3.21. The Hall–Kier alpha value is -2.26. The second-order valence-electron chi connectivity index (χ2n) is 6.06. The van der Waals surface area contributed by atoms with Crippen molar-refractivity contribution < 1.29 is 27.8 Å². The molecule has 3 rings (SSSR count). The fraction of sp³-hybridized carbons (Fsp3) is 0.444. The lowest BCUT2D eigenvalue weighted by Gasteiger charge is -2.18. The third-order valence-corrected chi connectivity index (χ3v) is 4.49. The van der Waals surface area contributed by atoms with E-state index < -0.39 is 6.61 Å². The van der Waals surface area contributed by atoms with Gasteiger partial charge in [-0.15, -0.1) is 0 Å². The van der Waals surface area contributed by atoms with E-state index in [0.717, 1.165) is 12.8 Å². The van der Waals surface area contributed by atoms with Crippen molar-refractivity contribution in [3.63, 3.8) is 0 Å². The van der Waals surface area contributed by atoms with Crippen molar-refractivity contribution in [2.45, 2.75) is 32.5 Å². The number of benzene rings is 1. The average molecular weight is 398 g/mol. The Labute approximate surface area is 161 Å². The van der Waals surface area contributed by atoms with Gasteiger partial charge in [0.25, 0.3) is 5.91 Å². The molecule has 0 spiro atoms. The number of carbonyl (C=O) groups excluding carboxylic acids is 1. The topological polar surface area (TPSA) is 60.0 Å². The Morgan fingerprint density at radius 2 is 2.26 bits per heavy atom. The largest absolute Gasteiger partial charge is 0.490 e. The second kappa shape index (κ2) is 8.62. The van der Waals surface area contributed by atoms with Crippen LogP contribution >= 0.6 is 12.2 Å². The molecule has 2 heterocycles. The molecule has 1 atom stereocenters. The molecule has 146 valence electrons. The maximum Gasteiger partial charge on any atom is 0.387 e. The fourth-order valence-corrected chi connectivity index (χ4v) is 3.24. The monoisotopic (exact) mass is 398 g/mol. The van der Waals surface area contributed by atoms with Crippen molar-refractivity contribution in [1.29, 1.82) is 0 Å². The van der Waals surface area contributed by atoms with Crippen LogP contribution in [-0.4, -0.2) is 48.4 Å². The summed E-state index contributed by atoms with van der Waals surface area (Å²) < 4.78 is 40.4. The van der Waals surface area contributed by atoms with E-state index in [0.29, 0.717) is 29.5 Å². The summed E-state index contributed by atoms with van der Waals surface area (Å²) in [6.07, 6.45) is 3.46. The normalized spacial score (nSPS) is 21.3. The molecule has 6 nitrogen and oxygen atoms in total. The molecular weight excluding hydrogens is 378 g/mol. The lowest BCUT2D eigenvalue weighted by molar-refractivity contribution is -0.123. The molecule has 2 saturated heterocycles. The molecule has 1 aromatic rings. The number of alkyl halides is 2. The van der Waals surface area contributed by atoms with Crippen molar-refractivity contribution in [2.75, 3.05) is 19.8 Å². The van der Waals surface area contributed by atoms with Gasteiger partial charge in [0.05, 0.1) is 19.3 Å². The quantitative estimate of drug-likeness (QED) is 0.563. The zero-order valence-corrected chi connectivity index (χ0v) is 15.6. The van der Waals surface area contributed by atoms with Crippen LogP contribution in [0.15, 0.2) is 23.9 Å². The van der Waals surface area contributed by atoms with Gasteiger partial charge in [-0.1, -0.05) is 6.07 Å². The molecule has 0 aromatic heterocycles. The van der Waals surface area contributed by atoms with Crippen LogP contribution in [0.25, 0.3) is 6.08 Å². The van der Waals surface area contributed by atoms with Gasteiger partial charge in [-0.3, -0.25) is 9.69 Å². The van der Waals surface area contributed by atoms with Crippen LogP contribution in [0.1, 0.15) is 25.3 Å². The van der Waals surface area contributed by atoms with E-state index in [-0.39, 0.29) is 30.1 Å². The summed E-state index contributed by atoms with van der Waals surface area (Å²) in [6.45, 7) is 0.183. The first-order valence-electron chi connectivity index (χ1n) is 8.65. The molecule has 2 aliphatic heterocycles. The zero-order chi connectivity index (χ0) is 19.4. The van der Waals surface area contributed by atoms with Crippen LogP contribution in [0.2, 0.25) is 0 Å². The summed E-state index contributed by atoms with van der Waals surface area (Å²) in [4.78, 5) is 14.1. The highest BCUT2D eigenvalue weighted by Crippen LogP contribution is 2.31. The third-order valence-electron chi connectivity index (χ3n) is 4.17. The van der Waals surface area contributed by atoms with Gasteiger partial charge < -0.3 is 19.5 Å². The molecule has 0 saturated carbocycles. The number of hydrogen-bond acceptors (Lipinski definition) is 5. The molecule has 1 amide bonds. The Morgan fingerprint density at radius 1 is 1.44 bits per heavy atom. The zero-order valence-electron chi connectivity index (χ0n) is 14.7. The van der Waals surface area contributed by atoms with Crippen LogP contribution in [0.3, 0.4) is 0 Å². The van der Waals surface area contributed by atoms with E-state index in [2.05, 4.69) is 10.1 Å². The predicted molar refractivity (Wildman–Crippen MR) is 98.6 cm³/mol. The molecule has 0 aliphatic carbocycles. The smallest absolute Gasteiger partial charge is 0.387 e. The van der Waals surface area contributed by atoms with Gasteiger partial charge >= 0.3 is 6.61 Å². The summed E-state index contributed by atoms with van der Waals surface area (Å²) in [5.74, 6) is -0.131. The number of nitrogens with zero attached hydrogens (tertiary/aromatic N) is 1. The van der Waals surface area contributed by atoms with Crippen LogP contribution in [0.4, 0.5) is 8.78 Å². The highest BCUT2D eigenvalue weighted by molar-refractivity contribution is 7.80. The van der Waals surface area contributed by atoms with E-state index in [1.165, 1.54) is 17.0 Å². The minimum atomic E-state index is -2.95. The first-order chi connectivity index (χ1) is 13.0. The molecule has 2 aliphatic rings.